The predicted octanol–water partition coefficient (Wildman–Crippen LogP) is 2.99. The zero-order valence-electron chi connectivity index (χ0n) is 14.5. The first-order valence-electron chi connectivity index (χ1n) is 8.23. The molecule has 2 aromatic carbocycles. The van der Waals surface area contributed by atoms with Crippen molar-refractivity contribution in [3.05, 3.63) is 65.7 Å². The van der Waals surface area contributed by atoms with Crippen molar-refractivity contribution in [2.45, 2.75) is 25.8 Å². The van der Waals surface area contributed by atoms with Gasteiger partial charge in [-0.05, 0) is 37.5 Å². The van der Waals surface area contributed by atoms with Gasteiger partial charge >= 0.3 is 5.97 Å². The summed E-state index contributed by atoms with van der Waals surface area (Å²) in [5.41, 5.74) is 1.53. The molecule has 2 rings (SSSR count). The van der Waals surface area contributed by atoms with Crippen molar-refractivity contribution in [3.63, 3.8) is 0 Å². The summed E-state index contributed by atoms with van der Waals surface area (Å²) in [6.07, 6.45) is 1.69. The average molecular weight is 341 g/mol. The molecule has 5 nitrogen and oxygen atoms in total. The Kier molecular flexibility index (Phi) is 7.01. The van der Waals surface area contributed by atoms with Crippen LogP contribution in [0.1, 0.15) is 29.3 Å². The zero-order valence-corrected chi connectivity index (χ0v) is 14.5. The maximum absolute atomic E-state index is 12.0. The molecule has 1 N–H and O–H groups in total. The number of benzene rings is 2. The summed E-state index contributed by atoms with van der Waals surface area (Å²) in [7, 11) is 1.48. The smallest absolute Gasteiger partial charge is 0.342 e. The standard InChI is InChI=1S/C20H23NO4/c1-15(12-13-16-8-4-3-5-9-16)21-19(22)14-25-20(23)17-10-6-7-11-18(17)24-2/h3-11,15H,12-14H2,1-2H3,(H,21,22). The van der Waals surface area contributed by atoms with Crippen LogP contribution in [-0.4, -0.2) is 31.6 Å². The highest BCUT2D eigenvalue weighted by Crippen LogP contribution is 2.18. The first kappa shape index (κ1) is 18.5. The molecule has 5 heteroatoms. The van der Waals surface area contributed by atoms with Gasteiger partial charge in [0.05, 0.1) is 7.11 Å². The molecule has 1 atom stereocenters. The number of esters is 1. The van der Waals surface area contributed by atoms with E-state index in [2.05, 4.69) is 17.4 Å². The van der Waals surface area contributed by atoms with E-state index in [1.165, 1.54) is 12.7 Å². The van der Waals surface area contributed by atoms with Crippen molar-refractivity contribution in [1.29, 1.82) is 0 Å². The van der Waals surface area contributed by atoms with Crippen LogP contribution in [0.2, 0.25) is 0 Å². The maximum Gasteiger partial charge on any atom is 0.342 e. The number of hydrogen-bond acceptors (Lipinski definition) is 4. The van der Waals surface area contributed by atoms with E-state index in [1.54, 1.807) is 24.3 Å². The van der Waals surface area contributed by atoms with Crippen molar-refractivity contribution in [1.82, 2.24) is 5.32 Å². The minimum atomic E-state index is -0.579. The molecule has 1 unspecified atom stereocenters. The fourth-order valence-corrected chi connectivity index (χ4v) is 2.44. The van der Waals surface area contributed by atoms with E-state index in [0.29, 0.717) is 11.3 Å². The number of hydrogen-bond donors (Lipinski definition) is 1. The summed E-state index contributed by atoms with van der Waals surface area (Å²) in [5, 5.41) is 2.84. The molecule has 132 valence electrons. The molecule has 0 aliphatic carbocycles. The molecule has 2 aromatic rings. The second kappa shape index (κ2) is 9.47. The Balaban J connectivity index is 1.75. The van der Waals surface area contributed by atoms with E-state index in [-0.39, 0.29) is 18.6 Å². The van der Waals surface area contributed by atoms with Crippen molar-refractivity contribution in [2.75, 3.05) is 13.7 Å². The van der Waals surface area contributed by atoms with Crippen LogP contribution in [-0.2, 0) is 16.0 Å². The third-order valence-corrected chi connectivity index (χ3v) is 3.78. The van der Waals surface area contributed by atoms with E-state index in [0.717, 1.165) is 12.8 Å². The predicted molar refractivity (Wildman–Crippen MR) is 95.6 cm³/mol. The van der Waals surface area contributed by atoms with Crippen LogP contribution in [0.15, 0.2) is 54.6 Å². The second-order valence-corrected chi connectivity index (χ2v) is 5.77. The van der Waals surface area contributed by atoms with E-state index < -0.39 is 5.97 Å². The minimum Gasteiger partial charge on any atom is -0.496 e. The third-order valence-electron chi connectivity index (χ3n) is 3.78. The highest BCUT2D eigenvalue weighted by molar-refractivity contribution is 5.93. The van der Waals surface area contributed by atoms with Crippen LogP contribution >= 0.6 is 0 Å². The first-order valence-corrected chi connectivity index (χ1v) is 8.23. The molecule has 0 aliphatic heterocycles. The summed E-state index contributed by atoms with van der Waals surface area (Å²) in [5.74, 6) is -0.475. The van der Waals surface area contributed by atoms with Crippen LogP contribution in [0, 0.1) is 0 Å². The normalized spacial score (nSPS) is 11.4. The molecule has 0 bridgehead atoms. The molecular weight excluding hydrogens is 318 g/mol. The molecule has 0 heterocycles. The van der Waals surface area contributed by atoms with Gasteiger partial charge in [0, 0.05) is 6.04 Å². The van der Waals surface area contributed by atoms with Gasteiger partial charge in [-0.15, -0.1) is 0 Å². The summed E-state index contributed by atoms with van der Waals surface area (Å²) in [6.45, 7) is 1.62. The van der Waals surface area contributed by atoms with Gasteiger partial charge in [-0.3, -0.25) is 4.79 Å². The minimum absolute atomic E-state index is 0.00216. The van der Waals surface area contributed by atoms with Gasteiger partial charge in [-0.25, -0.2) is 4.79 Å². The van der Waals surface area contributed by atoms with Gasteiger partial charge in [0.15, 0.2) is 6.61 Å². The van der Waals surface area contributed by atoms with E-state index in [1.807, 2.05) is 25.1 Å². The number of aryl methyl sites for hydroxylation is 1. The van der Waals surface area contributed by atoms with Crippen molar-refractivity contribution < 1.29 is 19.1 Å². The number of carbonyl (C=O) groups is 2. The number of nitrogens with one attached hydrogen (secondary N) is 1. The van der Waals surface area contributed by atoms with E-state index >= 15 is 0 Å². The highest BCUT2D eigenvalue weighted by atomic mass is 16.5. The summed E-state index contributed by atoms with van der Waals surface area (Å²) in [6, 6.07) is 16.8. The van der Waals surface area contributed by atoms with Crippen LogP contribution in [0.25, 0.3) is 0 Å². The van der Waals surface area contributed by atoms with Crippen molar-refractivity contribution in [2.24, 2.45) is 0 Å². The molecule has 0 saturated carbocycles. The quantitative estimate of drug-likeness (QED) is 0.750. The molecule has 0 saturated heterocycles. The monoisotopic (exact) mass is 341 g/mol. The maximum atomic E-state index is 12.0. The van der Waals surface area contributed by atoms with Gasteiger partial charge in [0.1, 0.15) is 11.3 Å². The third kappa shape index (κ3) is 5.95. The highest BCUT2D eigenvalue weighted by Gasteiger charge is 2.15. The number of rotatable bonds is 8. The summed E-state index contributed by atoms with van der Waals surface area (Å²) < 4.78 is 10.2. The lowest BCUT2D eigenvalue weighted by Gasteiger charge is -2.14. The largest absolute Gasteiger partial charge is 0.496 e. The second-order valence-electron chi connectivity index (χ2n) is 5.77. The number of amides is 1. The Bertz CT molecular complexity index is 700. The SMILES string of the molecule is COc1ccccc1C(=O)OCC(=O)NC(C)CCc1ccccc1. The molecule has 0 aromatic heterocycles. The van der Waals surface area contributed by atoms with Gasteiger partial charge in [0.2, 0.25) is 0 Å². The lowest BCUT2D eigenvalue weighted by atomic mass is 10.1. The lowest BCUT2D eigenvalue weighted by Crippen LogP contribution is -2.36. The molecule has 0 spiro atoms. The van der Waals surface area contributed by atoms with Crippen LogP contribution in [0.4, 0.5) is 0 Å². The number of para-hydroxylation sites is 1. The van der Waals surface area contributed by atoms with Gasteiger partial charge in [-0.2, -0.15) is 0 Å². The molecule has 25 heavy (non-hydrogen) atoms. The van der Waals surface area contributed by atoms with E-state index in [9.17, 15) is 9.59 Å². The van der Waals surface area contributed by atoms with Crippen LogP contribution in [0.3, 0.4) is 0 Å². The Labute approximate surface area is 148 Å². The first-order chi connectivity index (χ1) is 12.1. The van der Waals surface area contributed by atoms with Gasteiger partial charge in [0.25, 0.3) is 5.91 Å². The number of methoxy groups -OCH3 is 1. The fraction of sp³-hybridized carbons (Fsp3) is 0.300. The Hall–Kier alpha value is -2.82. The topological polar surface area (TPSA) is 64.6 Å². The molecule has 1 amide bonds. The lowest BCUT2D eigenvalue weighted by molar-refractivity contribution is -0.124. The Morgan fingerprint density at radius 1 is 1.04 bits per heavy atom. The zero-order chi connectivity index (χ0) is 18.1. The number of ether oxygens (including phenoxy) is 2. The van der Waals surface area contributed by atoms with E-state index in [4.69, 9.17) is 9.47 Å². The van der Waals surface area contributed by atoms with Crippen LogP contribution in [0.5, 0.6) is 5.75 Å². The number of carbonyl (C=O) groups excluding carboxylic acids is 2. The Morgan fingerprint density at radius 3 is 2.44 bits per heavy atom. The van der Waals surface area contributed by atoms with Crippen molar-refractivity contribution in [3.8, 4) is 5.75 Å². The molecule has 0 aliphatic rings. The average Bonchev–Trinajstić information content (AvgIpc) is 2.65. The molecular formula is C20H23NO4. The fourth-order valence-electron chi connectivity index (χ4n) is 2.44. The van der Waals surface area contributed by atoms with Gasteiger partial charge in [-0.1, -0.05) is 42.5 Å². The molecule has 0 fully saturated rings. The Morgan fingerprint density at radius 2 is 1.72 bits per heavy atom. The summed E-state index contributed by atoms with van der Waals surface area (Å²) in [4.78, 5) is 24.0. The summed E-state index contributed by atoms with van der Waals surface area (Å²) >= 11 is 0. The van der Waals surface area contributed by atoms with Crippen molar-refractivity contribution >= 4 is 11.9 Å². The van der Waals surface area contributed by atoms with Crippen LogP contribution < -0.4 is 10.1 Å². The molecule has 0 radical (unpaired) electrons. The van der Waals surface area contributed by atoms with Gasteiger partial charge < -0.3 is 14.8 Å².